The molecule has 0 aliphatic carbocycles. The molecule has 2 atom stereocenters. The van der Waals surface area contributed by atoms with Gasteiger partial charge in [-0.3, -0.25) is 4.79 Å². The number of hydrogen-bond donors (Lipinski definition) is 1. The van der Waals surface area contributed by atoms with Crippen LogP contribution in [-0.2, 0) is 14.3 Å². The second kappa shape index (κ2) is 10.9. The van der Waals surface area contributed by atoms with Gasteiger partial charge in [0.25, 0.3) is 5.91 Å². The Labute approximate surface area is 166 Å². The summed E-state index contributed by atoms with van der Waals surface area (Å²) in [7, 11) is 1.58. The molecule has 0 saturated heterocycles. The maximum atomic E-state index is 12.5. The van der Waals surface area contributed by atoms with Crippen molar-refractivity contribution in [2.45, 2.75) is 38.8 Å². The first-order chi connectivity index (χ1) is 13.5. The first-order valence-electron chi connectivity index (χ1n) is 9.41. The number of nitrogens with one attached hydrogen (secondary N) is 1. The molecule has 0 heterocycles. The van der Waals surface area contributed by atoms with Gasteiger partial charge < -0.3 is 14.8 Å². The van der Waals surface area contributed by atoms with Crippen LogP contribution < -0.4 is 10.1 Å². The van der Waals surface area contributed by atoms with E-state index in [9.17, 15) is 9.59 Å². The third-order valence-electron chi connectivity index (χ3n) is 4.26. The summed E-state index contributed by atoms with van der Waals surface area (Å²) in [4.78, 5) is 24.5. The number of amides is 1. The van der Waals surface area contributed by atoms with Crippen LogP contribution in [0.2, 0.25) is 0 Å². The number of rotatable bonds is 9. The summed E-state index contributed by atoms with van der Waals surface area (Å²) in [5, 5.41) is 2.97. The minimum atomic E-state index is -0.884. The Bertz CT molecular complexity index is 801. The van der Waals surface area contributed by atoms with Gasteiger partial charge in [0, 0.05) is 6.08 Å². The number of carbonyl (C=O) groups excluding carboxylic acids is 2. The predicted octanol–water partition coefficient (Wildman–Crippen LogP) is 4.30. The zero-order valence-corrected chi connectivity index (χ0v) is 16.6. The summed E-state index contributed by atoms with van der Waals surface area (Å²) >= 11 is 0. The average molecular weight is 381 g/mol. The molecule has 5 heteroatoms. The molecule has 0 spiro atoms. The molecule has 0 radical (unpaired) electrons. The lowest BCUT2D eigenvalue weighted by molar-refractivity contribution is -0.150. The van der Waals surface area contributed by atoms with E-state index in [2.05, 4.69) is 12.2 Å². The van der Waals surface area contributed by atoms with Crippen LogP contribution in [0, 0.1) is 0 Å². The third-order valence-corrected chi connectivity index (χ3v) is 4.26. The van der Waals surface area contributed by atoms with Crippen LogP contribution in [0.4, 0.5) is 0 Å². The van der Waals surface area contributed by atoms with Crippen molar-refractivity contribution in [2.75, 3.05) is 7.11 Å². The Morgan fingerprint density at radius 3 is 2.54 bits per heavy atom. The minimum Gasteiger partial charge on any atom is -0.497 e. The van der Waals surface area contributed by atoms with Crippen molar-refractivity contribution in [1.82, 2.24) is 5.32 Å². The summed E-state index contributed by atoms with van der Waals surface area (Å²) in [6.45, 7) is 3.63. The largest absolute Gasteiger partial charge is 0.497 e. The summed E-state index contributed by atoms with van der Waals surface area (Å²) < 4.78 is 10.4. The second-order valence-electron chi connectivity index (χ2n) is 6.45. The van der Waals surface area contributed by atoms with Gasteiger partial charge in [-0.05, 0) is 42.7 Å². The summed E-state index contributed by atoms with van der Waals surface area (Å²) in [6.07, 6.45) is 3.78. The number of esters is 1. The van der Waals surface area contributed by atoms with E-state index in [4.69, 9.17) is 9.47 Å². The van der Waals surface area contributed by atoms with Gasteiger partial charge in [-0.15, -0.1) is 0 Å². The normalized spacial score (nSPS) is 13.0. The van der Waals surface area contributed by atoms with E-state index < -0.39 is 12.1 Å². The topological polar surface area (TPSA) is 64.6 Å². The standard InChI is InChI=1S/C23H27NO4/c1-4-9-21(19-11-6-5-7-12-19)24-23(26)17(2)28-22(25)15-14-18-10-8-13-20(16-18)27-3/h5-8,10-17,21H,4,9H2,1-3H3,(H,24,26)/b15-14+. The molecule has 0 bridgehead atoms. The van der Waals surface area contributed by atoms with Gasteiger partial charge >= 0.3 is 5.97 Å². The van der Waals surface area contributed by atoms with E-state index in [0.717, 1.165) is 24.0 Å². The monoisotopic (exact) mass is 381 g/mol. The molecule has 1 N–H and O–H groups in total. The van der Waals surface area contributed by atoms with Gasteiger partial charge in [-0.2, -0.15) is 0 Å². The van der Waals surface area contributed by atoms with Crippen molar-refractivity contribution in [3.05, 3.63) is 71.8 Å². The van der Waals surface area contributed by atoms with Crippen molar-refractivity contribution in [2.24, 2.45) is 0 Å². The maximum Gasteiger partial charge on any atom is 0.331 e. The number of hydrogen-bond acceptors (Lipinski definition) is 4. The Morgan fingerprint density at radius 2 is 1.86 bits per heavy atom. The molecule has 0 aliphatic rings. The molecule has 148 valence electrons. The van der Waals surface area contributed by atoms with E-state index >= 15 is 0 Å². The molecule has 0 aromatic heterocycles. The fourth-order valence-electron chi connectivity index (χ4n) is 2.76. The van der Waals surface area contributed by atoms with Crippen molar-refractivity contribution in [1.29, 1.82) is 0 Å². The molecule has 2 unspecified atom stereocenters. The fraction of sp³-hybridized carbons (Fsp3) is 0.304. The molecular weight excluding hydrogens is 354 g/mol. The number of ether oxygens (including phenoxy) is 2. The quantitative estimate of drug-likeness (QED) is 0.520. The fourth-order valence-corrected chi connectivity index (χ4v) is 2.76. The summed E-state index contributed by atoms with van der Waals surface area (Å²) in [5.41, 5.74) is 1.84. The van der Waals surface area contributed by atoms with Crippen molar-refractivity contribution in [3.63, 3.8) is 0 Å². The molecule has 2 aromatic carbocycles. The maximum absolute atomic E-state index is 12.5. The van der Waals surface area contributed by atoms with Gasteiger partial charge in [0.2, 0.25) is 0 Å². The smallest absolute Gasteiger partial charge is 0.331 e. The zero-order valence-electron chi connectivity index (χ0n) is 16.6. The molecule has 0 aliphatic heterocycles. The molecular formula is C23H27NO4. The minimum absolute atomic E-state index is 0.104. The molecule has 0 fully saturated rings. The van der Waals surface area contributed by atoms with Crippen LogP contribution in [0.25, 0.3) is 6.08 Å². The van der Waals surface area contributed by atoms with E-state index in [1.165, 1.54) is 6.08 Å². The average Bonchev–Trinajstić information content (AvgIpc) is 2.72. The summed E-state index contributed by atoms with van der Waals surface area (Å²) in [6, 6.07) is 17.0. The zero-order chi connectivity index (χ0) is 20.4. The van der Waals surface area contributed by atoms with Crippen molar-refractivity contribution >= 4 is 18.0 Å². The van der Waals surface area contributed by atoms with Crippen LogP contribution >= 0.6 is 0 Å². The molecule has 1 amide bonds. The molecule has 0 saturated carbocycles. The lowest BCUT2D eigenvalue weighted by atomic mass is 10.0. The van der Waals surface area contributed by atoms with Crippen LogP contribution in [-0.4, -0.2) is 25.1 Å². The molecule has 2 rings (SSSR count). The summed E-state index contributed by atoms with van der Waals surface area (Å²) in [5.74, 6) is -0.186. The highest BCUT2D eigenvalue weighted by Crippen LogP contribution is 2.18. The Kier molecular flexibility index (Phi) is 8.28. The Hall–Kier alpha value is -3.08. The van der Waals surface area contributed by atoms with E-state index in [1.807, 2.05) is 48.5 Å². The lowest BCUT2D eigenvalue weighted by Crippen LogP contribution is -2.38. The van der Waals surface area contributed by atoms with E-state index in [1.54, 1.807) is 26.2 Å². The molecule has 5 nitrogen and oxygen atoms in total. The van der Waals surface area contributed by atoms with E-state index in [-0.39, 0.29) is 11.9 Å². The highest BCUT2D eigenvalue weighted by atomic mass is 16.5. The van der Waals surface area contributed by atoms with Crippen LogP contribution in [0.3, 0.4) is 0 Å². The van der Waals surface area contributed by atoms with E-state index in [0.29, 0.717) is 5.75 Å². The third kappa shape index (κ3) is 6.58. The Morgan fingerprint density at radius 1 is 1.11 bits per heavy atom. The van der Waals surface area contributed by atoms with Crippen LogP contribution in [0.1, 0.15) is 43.9 Å². The van der Waals surface area contributed by atoms with Gasteiger partial charge in [0.15, 0.2) is 6.10 Å². The van der Waals surface area contributed by atoms with Crippen LogP contribution in [0.15, 0.2) is 60.7 Å². The molecule has 28 heavy (non-hydrogen) atoms. The van der Waals surface area contributed by atoms with Crippen molar-refractivity contribution in [3.8, 4) is 5.75 Å². The molecule has 2 aromatic rings. The second-order valence-corrected chi connectivity index (χ2v) is 6.45. The van der Waals surface area contributed by atoms with Gasteiger partial charge in [-0.1, -0.05) is 55.8 Å². The first kappa shape index (κ1) is 21.2. The lowest BCUT2D eigenvalue weighted by Gasteiger charge is -2.21. The first-order valence-corrected chi connectivity index (χ1v) is 9.41. The Balaban J connectivity index is 1.92. The van der Waals surface area contributed by atoms with Gasteiger partial charge in [-0.25, -0.2) is 4.79 Å². The predicted molar refractivity (Wildman–Crippen MR) is 110 cm³/mol. The highest BCUT2D eigenvalue weighted by Gasteiger charge is 2.20. The number of carbonyl (C=O) groups is 2. The highest BCUT2D eigenvalue weighted by molar-refractivity contribution is 5.90. The number of benzene rings is 2. The van der Waals surface area contributed by atoms with Crippen molar-refractivity contribution < 1.29 is 19.1 Å². The van der Waals surface area contributed by atoms with Crippen LogP contribution in [0.5, 0.6) is 5.75 Å². The van der Waals surface area contributed by atoms with Gasteiger partial charge in [0.1, 0.15) is 5.75 Å². The SMILES string of the molecule is CCCC(NC(=O)C(C)OC(=O)/C=C/c1cccc(OC)c1)c1ccccc1. The van der Waals surface area contributed by atoms with Gasteiger partial charge in [0.05, 0.1) is 13.2 Å². The number of methoxy groups -OCH3 is 1.